The summed E-state index contributed by atoms with van der Waals surface area (Å²) in [5, 5.41) is 5.36. The minimum absolute atomic E-state index is 0.964. The predicted molar refractivity (Wildman–Crippen MR) is 330 cm³/mol. The zero-order valence-corrected chi connectivity index (χ0v) is 41.0. The molecule has 0 unspecified atom stereocenters. The molecule has 0 radical (unpaired) electrons. The van der Waals surface area contributed by atoms with E-state index in [2.05, 4.69) is 234 Å². The Balaban J connectivity index is 1.31. The molecule has 15 heteroatoms. The Hall–Kier alpha value is -6.19. The molecule has 9 aromatic carbocycles. The fourth-order valence-corrected chi connectivity index (χ4v) is 11.1. The third-order valence-corrected chi connectivity index (χ3v) is 16.0. The zero-order chi connectivity index (χ0) is 46.5. The highest BCUT2D eigenvalue weighted by atomic mass is 15.1. The number of nitrogens with zero attached hydrogens (tertiary/aromatic N) is 2. The molecule has 300 valence electrons. The van der Waals surface area contributed by atoms with Gasteiger partial charge < -0.3 is 0 Å². The normalized spacial score (nSPS) is 11.5. The Morgan fingerprint density at radius 3 is 1.09 bits per heavy atom. The van der Waals surface area contributed by atoms with Gasteiger partial charge >= 0.3 is 0 Å². The summed E-state index contributed by atoms with van der Waals surface area (Å²) >= 11 is 0. The predicted octanol–water partition coefficient (Wildman–Crippen LogP) is -8.97. The largest absolute Gasteiger partial charge is 0.294 e. The Kier molecular flexibility index (Phi) is 11.0. The number of para-hydroxylation sites is 2. The standard InChI is InChI=1S/C51H47B13N2/c52-37-33-31(24-15-17-25(18-16-24)51-65-29-13-7-8-14-30(29)66(51)50-48(63)46(61)45(60)47(62)49(50)64)34-36(40(55)44(59)42(57)38(34)53)32(35(33)39(54)43(58)41(37)56)28-20-26(22-9-3-1-4-10-22)19-27(21-28)23-11-5-2-6-12-23/h1-21H,52-64H2. The van der Waals surface area contributed by atoms with Gasteiger partial charge in [-0.05, 0) is 96.4 Å². The molecule has 10 aromatic rings. The molecule has 0 saturated heterocycles. The maximum Gasteiger partial charge on any atom is 0.145 e. The highest BCUT2D eigenvalue weighted by molar-refractivity contribution is 6.72. The first-order chi connectivity index (χ1) is 31.7. The zero-order valence-electron chi connectivity index (χ0n) is 41.0. The van der Waals surface area contributed by atoms with Gasteiger partial charge in [-0.15, -0.1) is 27.3 Å². The molecule has 0 spiro atoms. The first-order valence-electron chi connectivity index (χ1n) is 23.6. The Morgan fingerprint density at radius 1 is 0.288 bits per heavy atom. The van der Waals surface area contributed by atoms with Crippen molar-refractivity contribution in [3.05, 3.63) is 127 Å². The highest BCUT2D eigenvalue weighted by Crippen LogP contribution is 2.43. The van der Waals surface area contributed by atoms with E-state index in [1.54, 1.807) is 0 Å². The van der Waals surface area contributed by atoms with E-state index in [-0.39, 0.29) is 0 Å². The monoisotopic (exact) mass is 830 g/mol. The number of fused-ring (bicyclic) bond motifs is 3. The highest BCUT2D eigenvalue weighted by Gasteiger charge is 2.27. The van der Waals surface area contributed by atoms with E-state index in [1.165, 1.54) is 143 Å². The first kappa shape index (κ1) is 43.7. The minimum atomic E-state index is 0.964. The number of hydrogen-bond donors (Lipinski definition) is 0. The van der Waals surface area contributed by atoms with Crippen molar-refractivity contribution in [1.82, 2.24) is 9.55 Å². The molecule has 0 aliphatic rings. The van der Waals surface area contributed by atoms with Crippen molar-refractivity contribution < 1.29 is 0 Å². The van der Waals surface area contributed by atoms with Gasteiger partial charge in [0.05, 0.1) is 11.0 Å². The number of rotatable bonds is 6. The van der Waals surface area contributed by atoms with Gasteiger partial charge in [0.25, 0.3) is 0 Å². The number of aromatic nitrogens is 2. The third-order valence-electron chi connectivity index (χ3n) is 16.0. The van der Waals surface area contributed by atoms with Gasteiger partial charge in [0.1, 0.15) is 108 Å². The van der Waals surface area contributed by atoms with E-state index < -0.39 is 0 Å². The average molecular weight is 829 g/mol. The summed E-state index contributed by atoms with van der Waals surface area (Å²) in [6.07, 6.45) is 0. The van der Waals surface area contributed by atoms with Crippen LogP contribution in [0, 0.1) is 0 Å². The van der Waals surface area contributed by atoms with Crippen LogP contribution in [0.3, 0.4) is 0 Å². The lowest BCUT2D eigenvalue weighted by Crippen LogP contribution is -2.56. The minimum Gasteiger partial charge on any atom is -0.294 e. The second kappa shape index (κ2) is 16.6. The Morgan fingerprint density at radius 2 is 0.636 bits per heavy atom. The van der Waals surface area contributed by atoms with Crippen LogP contribution < -0.4 is 71.0 Å². The molecule has 2 nitrogen and oxygen atoms in total. The van der Waals surface area contributed by atoms with Gasteiger partial charge in [-0.2, -0.15) is 0 Å². The molecule has 0 saturated carbocycles. The van der Waals surface area contributed by atoms with Gasteiger partial charge in [0.15, 0.2) is 0 Å². The van der Waals surface area contributed by atoms with Crippen LogP contribution in [0.15, 0.2) is 127 Å². The molecule has 1 aromatic heterocycles. The van der Waals surface area contributed by atoms with E-state index in [0.29, 0.717) is 0 Å². The fourth-order valence-electron chi connectivity index (χ4n) is 11.1. The van der Waals surface area contributed by atoms with Gasteiger partial charge in [-0.1, -0.05) is 141 Å². The lowest BCUT2D eigenvalue weighted by molar-refractivity contribution is 1.12. The molecule has 66 heavy (non-hydrogen) atoms. The molecular weight excluding hydrogens is 781 g/mol. The van der Waals surface area contributed by atoms with E-state index in [0.717, 1.165) is 22.4 Å². The molecule has 0 aliphatic carbocycles. The van der Waals surface area contributed by atoms with E-state index in [4.69, 9.17) is 4.98 Å². The van der Waals surface area contributed by atoms with Crippen LogP contribution in [-0.4, -0.2) is 112 Å². The van der Waals surface area contributed by atoms with Gasteiger partial charge in [0.2, 0.25) is 0 Å². The van der Waals surface area contributed by atoms with Crippen LogP contribution in [0.25, 0.3) is 94.2 Å². The summed E-state index contributed by atoms with van der Waals surface area (Å²) in [5.41, 5.74) is 31.8. The van der Waals surface area contributed by atoms with Crippen LogP contribution in [0.5, 0.6) is 0 Å². The van der Waals surface area contributed by atoms with Crippen molar-refractivity contribution in [1.29, 1.82) is 0 Å². The third kappa shape index (κ3) is 6.71. The molecule has 1 heterocycles. The van der Waals surface area contributed by atoms with Crippen molar-refractivity contribution in [3.63, 3.8) is 0 Å². The molecule has 0 aliphatic heterocycles. The van der Waals surface area contributed by atoms with Crippen molar-refractivity contribution in [2.45, 2.75) is 0 Å². The summed E-state index contributed by atoms with van der Waals surface area (Å²) in [5.74, 6) is 0.964. The van der Waals surface area contributed by atoms with E-state index in [9.17, 15) is 0 Å². The van der Waals surface area contributed by atoms with Crippen LogP contribution in [0.2, 0.25) is 0 Å². The number of imidazole rings is 1. The Labute approximate surface area is 401 Å². The van der Waals surface area contributed by atoms with Crippen LogP contribution in [0.4, 0.5) is 0 Å². The Bertz CT molecular complexity index is 3500. The van der Waals surface area contributed by atoms with E-state index >= 15 is 0 Å². The van der Waals surface area contributed by atoms with Gasteiger partial charge in [0, 0.05) is 11.3 Å². The van der Waals surface area contributed by atoms with Crippen molar-refractivity contribution >= 4 is 206 Å². The molecule has 0 fully saturated rings. The lowest BCUT2D eigenvalue weighted by atomic mass is 9.59. The van der Waals surface area contributed by atoms with Crippen molar-refractivity contribution in [2.75, 3.05) is 0 Å². The second-order valence-electron chi connectivity index (χ2n) is 19.1. The smallest absolute Gasteiger partial charge is 0.145 e. The average Bonchev–Trinajstić information content (AvgIpc) is 3.73. The second-order valence-corrected chi connectivity index (χ2v) is 19.1. The summed E-state index contributed by atoms with van der Waals surface area (Å²) in [7, 11) is 30.0. The quantitative estimate of drug-likeness (QED) is 0.121. The van der Waals surface area contributed by atoms with Gasteiger partial charge in [-0.3, -0.25) is 4.57 Å². The molecule has 0 atom stereocenters. The maximum absolute atomic E-state index is 5.39. The number of benzene rings is 9. The summed E-state index contributed by atoms with van der Waals surface area (Å²) in [6.45, 7) is 0. The molecule has 0 N–H and O–H groups in total. The first-order valence-corrected chi connectivity index (χ1v) is 23.6. The van der Waals surface area contributed by atoms with Crippen molar-refractivity contribution in [2.24, 2.45) is 0 Å². The number of hydrogen-bond acceptors (Lipinski definition) is 1. The molecule has 0 bridgehead atoms. The van der Waals surface area contributed by atoms with Gasteiger partial charge in [-0.25, -0.2) is 4.98 Å². The van der Waals surface area contributed by atoms with Crippen LogP contribution >= 0.6 is 0 Å². The lowest BCUT2D eigenvalue weighted by Gasteiger charge is -2.28. The molecule has 0 amide bonds. The van der Waals surface area contributed by atoms with E-state index in [1.807, 2.05) is 0 Å². The summed E-state index contributed by atoms with van der Waals surface area (Å²) in [4.78, 5) is 5.39. The molecule has 10 rings (SSSR count). The summed E-state index contributed by atoms with van der Waals surface area (Å²) < 4.78 is 2.42. The van der Waals surface area contributed by atoms with Crippen LogP contribution in [-0.2, 0) is 0 Å². The topological polar surface area (TPSA) is 17.8 Å². The summed E-state index contributed by atoms with van der Waals surface area (Å²) in [6, 6.07) is 47.0. The maximum atomic E-state index is 5.39. The SMILES string of the molecule is Bc1c(B)c(B)c(-n2c(-c3ccc(-c4c5c(B)c(B)c(B)c(B)c5c(-c5cc(-c6ccccc6)cc(-c6ccccc6)c5)c5c(B)c(B)c(B)c(B)c45)cc3)nc3ccccc32)c(B)c1B. The molecular formula is C51H47B13N2. The van der Waals surface area contributed by atoms with Crippen molar-refractivity contribution in [3.8, 4) is 61.6 Å². The van der Waals surface area contributed by atoms with Crippen LogP contribution in [0.1, 0.15) is 0 Å². The fraction of sp³-hybridized carbons (Fsp3) is 0.